The second-order valence-electron chi connectivity index (χ2n) is 2.53. The van der Waals surface area contributed by atoms with Crippen molar-refractivity contribution in [3.8, 4) is 0 Å². The Morgan fingerprint density at radius 3 is 2.86 bits per heavy atom. The summed E-state index contributed by atoms with van der Waals surface area (Å²) in [5.41, 5.74) is 0.436. The first-order valence-electron chi connectivity index (χ1n) is 3.84. The number of nitrogens with zero attached hydrogens (tertiary/aromatic N) is 1. The molecule has 0 unspecified atom stereocenters. The van der Waals surface area contributed by atoms with Crippen molar-refractivity contribution in [2.45, 2.75) is 6.42 Å². The number of ether oxygens (including phenoxy) is 1. The lowest BCUT2D eigenvalue weighted by Gasteiger charge is -2.01. The summed E-state index contributed by atoms with van der Waals surface area (Å²) in [5, 5.41) is 0. The van der Waals surface area contributed by atoms with E-state index in [4.69, 9.17) is 0 Å². The van der Waals surface area contributed by atoms with Crippen LogP contribution in [0.1, 0.15) is 16.8 Å². The zero-order valence-electron chi connectivity index (χ0n) is 7.49. The van der Waals surface area contributed by atoms with Crippen LogP contribution in [0.15, 0.2) is 22.9 Å². The van der Waals surface area contributed by atoms with E-state index in [1.54, 1.807) is 6.07 Å². The van der Waals surface area contributed by atoms with Crippen LogP contribution in [-0.4, -0.2) is 23.8 Å². The Morgan fingerprint density at radius 2 is 2.29 bits per heavy atom. The van der Waals surface area contributed by atoms with Crippen molar-refractivity contribution < 1.29 is 14.3 Å². The molecule has 0 aliphatic rings. The molecule has 0 bridgehead atoms. The van der Waals surface area contributed by atoms with Crippen molar-refractivity contribution in [1.82, 2.24) is 4.98 Å². The van der Waals surface area contributed by atoms with Crippen molar-refractivity contribution in [2.24, 2.45) is 0 Å². The number of ketones is 1. The number of halogens is 1. The van der Waals surface area contributed by atoms with Gasteiger partial charge in [0.15, 0.2) is 5.78 Å². The molecule has 1 rings (SSSR count). The molecule has 0 spiro atoms. The Balaban J connectivity index is 2.80. The minimum absolute atomic E-state index is 0.251. The SMILES string of the molecule is COC(=O)CC(=O)c1ccncc1Br. The van der Waals surface area contributed by atoms with Crippen LogP contribution >= 0.6 is 15.9 Å². The molecule has 74 valence electrons. The van der Waals surface area contributed by atoms with E-state index in [9.17, 15) is 9.59 Å². The molecule has 0 N–H and O–H groups in total. The fourth-order valence-electron chi connectivity index (χ4n) is 0.900. The lowest BCUT2D eigenvalue weighted by Crippen LogP contribution is -2.10. The number of carbonyl (C=O) groups excluding carboxylic acids is 2. The number of methoxy groups -OCH3 is 1. The van der Waals surface area contributed by atoms with Crippen LogP contribution in [0.4, 0.5) is 0 Å². The van der Waals surface area contributed by atoms with Gasteiger partial charge >= 0.3 is 5.97 Å². The van der Waals surface area contributed by atoms with Gasteiger partial charge in [0, 0.05) is 22.4 Å². The number of rotatable bonds is 3. The summed E-state index contributed by atoms with van der Waals surface area (Å²) in [6.07, 6.45) is 2.75. The van der Waals surface area contributed by atoms with Crippen LogP contribution < -0.4 is 0 Å². The Bertz CT molecular complexity index is 365. The molecule has 5 heteroatoms. The molecule has 1 aromatic rings. The quantitative estimate of drug-likeness (QED) is 0.469. The Kier molecular flexibility index (Phi) is 3.76. The first kappa shape index (κ1) is 10.8. The Morgan fingerprint density at radius 1 is 1.57 bits per heavy atom. The molecule has 1 aromatic heterocycles. The monoisotopic (exact) mass is 257 g/mol. The smallest absolute Gasteiger partial charge is 0.313 e. The van der Waals surface area contributed by atoms with Gasteiger partial charge < -0.3 is 4.74 Å². The molecule has 0 aliphatic carbocycles. The van der Waals surface area contributed by atoms with Crippen molar-refractivity contribution in [2.75, 3.05) is 7.11 Å². The predicted molar refractivity (Wildman–Crippen MR) is 52.9 cm³/mol. The lowest BCUT2D eigenvalue weighted by atomic mass is 10.1. The normalized spacial score (nSPS) is 9.57. The number of esters is 1. The van der Waals surface area contributed by atoms with Crippen molar-refractivity contribution in [1.29, 1.82) is 0 Å². The van der Waals surface area contributed by atoms with E-state index in [1.807, 2.05) is 0 Å². The number of pyridine rings is 1. The van der Waals surface area contributed by atoms with Gasteiger partial charge in [0.1, 0.15) is 6.42 Å². The summed E-state index contributed by atoms with van der Waals surface area (Å²) >= 11 is 3.17. The van der Waals surface area contributed by atoms with E-state index >= 15 is 0 Å². The molecule has 0 saturated carbocycles. The number of carbonyl (C=O) groups is 2. The minimum atomic E-state index is -0.543. The van der Waals surface area contributed by atoms with Gasteiger partial charge in [0.2, 0.25) is 0 Å². The van der Waals surface area contributed by atoms with Crippen LogP contribution in [0.25, 0.3) is 0 Å². The summed E-state index contributed by atoms with van der Waals surface area (Å²) in [5.74, 6) is -0.829. The van der Waals surface area contributed by atoms with E-state index in [1.165, 1.54) is 19.5 Å². The maximum Gasteiger partial charge on any atom is 0.313 e. The van der Waals surface area contributed by atoms with Gasteiger partial charge in [-0.15, -0.1) is 0 Å². The molecule has 1 heterocycles. The highest BCUT2D eigenvalue weighted by Crippen LogP contribution is 2.16. The standard InChI is InChI=1S/C9H8BrNO3/c1-14-9(13)4-8(12)6-2-3-11-5-7(6)10/h2-3,5H,4H2,1H3. The second kappa shape index (κ2) is 4.85. The summed E-state index contributed by atoms with van der Waals surface area (Å²) in [6.45, 7) is 0. The first-order chi connectivity index (χ1) is 6.65. The molecule has 0 aromatic carbocycles. The minimum Gasteiger partial charge on any atom is -0.469 e. The molecule has 4 nitrogen and oxygen atoms in total. The van der Waals surface area contributed by atoms with Crippen LogP contribution in [-0.2, 0) is 9.53 Å². The van der Waals surface area contributed by atoms with Gasteiger partial charge in [-0.25, -0.2) is 0 Å². The first-order valence-corrected chi connectivity index (χ1v) is 4.64. The van der Waals surface area contributed by atoms with Crippen molar-refractivity contribution in [3.05, 3.63) is 28.5 Å². The van der Waals surface area contributed by atoms with Crippen molar-refractivity contribution in [3.63, 3.8) is 0 Å². The fraction of sp³-hybridized carbons (Fsp3) is 0.222. The predicted octanol–water partition coefficient (Wildman–Crippen LogP) is 1.59. The Hall–Kier alpha value is -1.23. The number of aromatic nitrogens is 1. The van der Waals surface area contributed by atoms with E-state index in [-0.39, 0.29) is 12.2 Å². The highest BCUT2D eigenvalue weighted by molar-refractivity contribution is 9.10. The van der Waals surface area contributed by atoms with Gasteiger partial charge in [-0.2, -0.15) is 0 Å². The molecule has 0 amide bonds. The topological polar surface area (TPSA) is 56.3 Å². The summed E-state index contributed by atoms with van der Waals surface area (Å²) in [7, 11) is 1.25. The largest absolute Gasteiger partial charge is 0.469 e. The average Bonchev–Trinajstić information content (AvgIpc) is 2.18. The molecule has 0 atom stereocenters. The number of hydrogen-bond acceptors (Lipinski definition) is 4. The molecule has 0 fully saturated rings. The molecule has 0 saturated heterocycles. The van der Waals surface area contributed by atoms with Crippen LogP contribution in [0.5, 0.6) is 0 Å². The molecule has 0 radical (unpaired) electrons. The van der Waals surface area contributed by atoms with E-state index in [2.05, 4.69) is 25.7 Å². The maximum absolute atomic E-state index is 11.5. The second-order valence-corrected chi connectivity index (χ2v) is 3.39. The summed E-state index contributed by atoms with van der Waals surface area (Å²) in [6, 6.07) is 1.55. The summed E-state index contributed by atoms with van der Waals surface area (Å²) < 4.78 is 4.97. The third kappa shape index (κ3) is 2.63. The highest BCUT2D eigenvalue weighted by atomic mass is 79.9. The molecular weight excluding hydrogens is 250 g/mol. The van der Waals surface area contributed by atoms with Gasteiger partial charge in [-0.3, -0.25) is 14.6 Å². The Labute approximate surface area is 89.4 Å². The molecule has 0 aliphatic heterocycles. The third-order valence-corrected chi connectivity index (χ3v) is 2.24. The zero-order chi connectivity index (χ0) is 10.6. The summed E-state index contributed by atoms with van der Waals surface area (Å²) in [4.78, 5) is 26.1. The van der Waals surface area contributed by atoms with E-state index in [0.717, 1.165) is 0 Å². The van der Waals surface area contributed by atoms with E-state index < -0.39 is 5.97 Å². The number of Topliss-reactive ketones (excluding diaryl/α,β-unsaturated/α-hetero) is 1. The number of hydrogen-bond donors (Lipinski definition) is 0. The highest BCUT2D eigenvalue weighted by Gasteiger charge is 2.14. The lowest BCUT2D eigenvalue weighted by molar-refractivity contribution is -0.139. The molecule has 14 heavy (non-hydrogen) atoms. The third-order valence-electron chi connectivity index (χ3n) is 1.61. The zero-order valence-corrected chi connectivity index (χ0v) is 9.08. The average molecular weight is 258 g/mol. The van der Waals surface area contributed by atoms with Gasteiger partial charge in [0.25, 0.3) is 0 Å². The van der Waals surface area contributed by atoms with Gasteiger partial charge in [-0.1, -0.05) is 0 Å². The van der Waals surface area contributed by atoms with Crippen LogP contribution in [0.3, 0.4) is 0 Å². The van der Waals surface area contributed by atoms with Gasteiger partial charge in [0.05, 0.1) is 7.11 Å². The van der Waals surface area contributed by atoms with Gasteiger partial charge in [-0.05, 0) is 22.0 Å². The van der Waals surface area contributed by atoms with Crippen LogP contribution in [0.2, 0.25) is 0 Å². The van der Waals surface area contributed by atoms with Crippen molar-refractivity contribution >= 4 is 27.7 Å². The van der Waals surface area contributed by atoms with Crippen LogP contribution in [0, 0.1) is 0 Å². The molecular formula is C9H8BrNO3. The fourth-order valence-corrected chi connectivity index (χ4v) is 1.37. The maximum atomic E-state index is 11.5. The van der Waals surface area contributed by atoms with E-state index in [0.29, 0.717) is 10.0 Å².